The molecule has 0 aromatic heterocycles. The molecule has 1 aromatic carbocycles. The van der Waals surface area contributed by atoms with E-state index in [1.165, 1.54) is 0 Å². The summed E-state index contributed by atoms with van der Waals surface area (Å²) in [4.78, 5) is 23.5. The van der Waals surface area contributed by atoms with E-state index in [1.807, 2.05) is 0 Å². The zero-order chi connectivity index (χ0) is 15.8. The molecule has 114 valence electrons. The molecule has 0 aliphatic carbocycles. The lowest BCUT2D eigenvalue weighted by Crippen LogP contribution is -2.49. The molecular formula is C14H16F2N2O3. The summed E-state index contributed by atoms with van der Waals surface area (Å²) >= 11 is 0. The molecule has 2 amide bonds. The van der Waals surface area contributed by atoms with Crippen LogP contribution < -0.4 is 10.6 Å². The van der Waals surface area contributed by atoms with Gasteiger partial charge in [0.05, 0.1) is 0 Å². The van der Waals surface area contributed by atoms with Crippen LogP contribution in [0.1, 0.15) is 26.3 Å². The molecule has 0 spiro atoms. The highest BCUT2D eigenvalue weighted by atomic mass is 19.1. The monoisotopic (exact) mass is 298 g/mol. The van der Waals surface area contributed by atoms with E-state index in [9.17, 15) is 18.4 Å². The number of alkyl carbamates (subject to hydrolysis) is 1. The summed E-state index contributed by atoms with van der Waals surface area (Å²) in [5, 5.41) is 4.74. The Hall–Kier alpha value is -2.18. The Labute approximate surface area is 120 Å². The van der Waals surface area contributed by atoms with E-state index in [0.717, 1.165) is 12.1 Å². The average Bonchev–Trinajstić information content (AvgIpc) is 2.28. The molecule has 0 saturated carbocycles. The molecule has 1 atom stereocenters. The number of fused-ring (bicyclic) bond motifs is 1. The number of halogens is 2. The van der Waals surface area contributed by atoms with Gasteiger partial charge in [0.1, 0.15) is 23.3 Å². The molecule has 1 aromatic rings. The fraction of sp³-hybridized carbons (Fsp3) is 0.429. The number of rotatable bonds is 1. The molecule has 1 heterocycles. The molecule has 2 N–H and O–H groups in total. The van der Waals surface area contributed by atoms with Gasteiger partial charge in [-0.1, -0.05) is 0 Å². The van der Waals surface area contributed by atoms with Gasteiger partial charge < -0.3 is 15.4 Å². The Bertz CT molecular complexity index is 597. The molecule has 1 aliphatic heterocycles. The molecule has 1 aliphatic rings. The first-order valence-corrected chi connectivity index (χ1v) is 6.44. The third kappa shape index (κ3) is 3.68. The van der Waals surface area contributed by atoms with E-state index < -0.39 is 35.3 Å². The van der Waals surface area contributed by atoms with Gasteiger partial charge in [-0.15, -0.1) is 0 Å². The van der Waals surface area contributed by atoms with Crippen LogP contribution in [0, 0.1) is 11.6 Å². The number of hydrogen-bond donors (Lipinski definition) is 2. The topological polar surface area (TPSA) is 67.4 Å². The summed E-state index contributed by atoms with van der Waals surface area (Å²) in [7, 11) is 0. The van der Waals surface area contributed by atoms with Crippen LogP contribution in [0.15, 0.2) is 12.1 Å². The first kappa shape index (κ1) is 15.2. The fourth-order valence-electron chi connectivity index (χ4n) is 2.01. The highest BCUT2D eigenvalue weighted by molar-refractivity contribution is 5.99. The van der Waals surface area contributed by atoms with E-state index in [0.29, 0.717) is 0 Å². The lowest BCUT2D eigenvalue weighted by molar-refractivity contribution is -0.118. The predicted molar refractivity (Wildman–Crippen MR) is 71.8 cm³/mol. The number of carbonyl (C=O) groups excluding carboxylic acids is 2. The van der Waals surface area contributed by atoms with Crippen molar-refractivity contribution in [3.63, 3.8) is 0 Å². The maximum Gasteiger partial charge on any atom is 0.408 e. The van der Waals surface area contributed by atoms with Gasteiger partial charge in [0.2, 0.25) is 5.91 Å². The summed E-state index contributed by atoms with van der Waals surface area (Å²) in [5.74, 6) is -2.08. The molecule has 0 fully saturated rings. The fourth-order valence-corrected chi connectivity index (χ4v) is 2.01. The van der Waals surface area contributed by atoms with E-state index in [-0.39, 0.29) is 17.7 Å². The van der Waals surface area contributed by atoms with Crippen LogP contribution in [0.2, 0.25) is 0 Å². The number of carbonyl (C=O) groups is 2. The zero-order valence-corrected chi connectivity index (χ0v) is 11.9. The van der Waals surface area contributed by atoms with E-state index in [2.05, 4.69) is 10.6 Å². The van der Waals surface area contributed by atoms with Gasteiger partial charge in [0.15, 0.2) is 0 Å². The van der Waals surface area contributed by atoms with Crippen LogP contribution >= 0.6 is 0 Å². The predicted octanol–water partition coefficient (Wildman–Crippen LogP) is 2.35. The minimum absolute atomic E-state index is 0.0630. The Kier molecular flexibility index (Phi) is 3.85. The number of anilines is 1. The average molecular weight is 298 g/mol. The first-order valence-electron chi connectivity index (χ1n) is 6.44. The third-order valence-electron chi connectivity index (χ3n) is 2.83. The molecule has 5 nitrogen and oxygen atoms in total. The Balaban J connectivity index is 2.14. The molecule has 21 heavy (non-hydrogen) atoms. The maximum absolute atomic E-state index is 13.7. The second-order valence-corrected chi connectivity index (χ2v) is 5.81. The summed E-state index contributed by atoms with van der Waals surface area (Å²) in [6, 6.07) is 0.813. The Morgan fingerprint density at radius 2 is 2.05 bits per heavy atom. The van der Waals surface area contributed by atoms with Gasteiger partial charge in [-0.05, 0) is 26.8 Å². The highest BCUT2D eigenvalue weighted by Gasteiger charge is 2.31. The molecule has 0 unspecified atom stereocenters. The van der Waals surface area contributed by atoms with E-state index in [1.54, 1.807) is 20.8 Å². The number of nitrogens with one attached hydrogen (secondary N) is 2. The summed E-state index contributed by atoms with van der Waals surface area (Å²) in [6.07, 6.45) is -0.833. The molecule has 0 bridgehead atoms. The Morgan fingerprint density at radius 1 is 1.38 bits per heavy atom. The number of benzene rings is 1. The van der Waals surface area contributed by atoms with Gasteiger partial charge in [-0.25, -0.2) is 13.6 Å². The van der Waals surface area contributed by atoms with E-state index in [4.69, 9.17) is 4.74 Å². The smallest absolute Gasteiger partial charge is 0.408 e. The van der Waals surface area contributed by atoms with Crippen molar-refractivity contribution in [2.75, 3.05) is 5.32 Å². The van der Waals surface area contributed by atoms with Gasteiger partial charge in [0, 0.05) is 23.7 Å². The van der Waals surface area contributed by atoms with Crippen LogP contribution in [0.25, 0.3) is 0 Å². The van der Waals surface area contributed by atoms with Gasteiger partial charge >= 0.3 is 6.09 Å². The SMILES string of the molecule is CC(C)(C)OC(=O)N[C@@H]1Cc2c(F)cc(F)cc2NC1=O. The van der Waals surface area contributed by atoms with Gasteiger partial charge in [0.25, 0.3) is 0 Å². The second kappa shape index (κ2) is 5.31. The third-order valence-corrected chi connectivity index (χ3v) is 2.83. The molecule has 0 radical (unpaired) electrons. The zero-order valence-electron chi connectivity index (χ0n) is 11.9. The minimum atomic E-state index is -0.965. The van der Waals surface area contributed by atoms with Crippen molar-refractivity contribution in [2.45, 2.75) is 38.8 Å². The van der Waals surface area contributed by atoms with Crippen LogP contribution in [0.5, 0.6) is 0 Å². The summed E-state index contributed by atoms with van der Waals surface area (Å²) in [6.45, 7) is 5.06. The molecule has 7 heteroatoms. The highest BCUT2D eigenvalue weighted by Crippen LogP contribution is 2.26. The molecule has 2 rings (SSSR count). The number of hydrogen-bond acceptors (Lipinski definition) is 3. The van der Waals surface area contributed by atoms with Crippen LogP contribution in [-0.4, -0.2) is 23.6 Å². The van der Waals surface area contributed by atoms with Crippen molar-refractivity contribution in [3.05, 3.63) is 29.3 Å². The van der Waals surface area contributed by atoms with Crippen LogP contribution in [-0.2, 0) is 16.0 Å². The second-order valence-electron chi connectivity index (χ2n) is 5.81. The van der Waals surface area contributed by atoms with Gasteiger partial charge in [-0.2, -0.15) is 0 Å². The molecule has 0 saturated heterocycles. The summed E-state index contributed by atoms with van der Waals surface area (Å²) < 4.78 is 31.8. The first-order chi connectivity index (χ1) is 9.65. The van der Waals surface area contributed by atoms with Gasteiger partial charge in [-0.3, -0.25) is 4.79 Å². The van der Waals surface area contributed by atoms with Crippen molar-refractivity contribution in [1.82, 2.24) is 5.32 Å². The Morgan fingerprint density at radius 3 is 2.67 bits per heavy atom. The van der Waals surface area contributed by atoms with Crippen LogP contribution in [0.3, 0.4) is 0 Å². The largest absolute Gasteiger partial charge is 0.444 e. The maximum atomic E-state index is 13.7. The van der Waals surface area contributed by atoms with Crippen molar-refractivity contribution >= 4 is 17.7 Å². The van der Waals surface area contributed by atoms with Crippen molar-refractivity contribution < 1.29 is 23.1 Å². The quantitative estimate of drug-likeness (QED) is 0.836. The minimum Gasteiger partial charge on any atom is -0.444 e. The normalized spacial score (nSPS) is 17.8. The number of ether oxygens (including phenoxy) is 1. The lowest BCUT2D eigenvalue weighted by Gasteiger charge is -2.27. The van der Waals surface area contributed by atoms with Crippen LogP contribution in [0.4, 0.5) is 19.3 Å². The lowest BCUT2D eigenvalue weighted by atomic mass is 9.98. The van der Waals surface area contributed by atoms with Crippen molar-refractivity contribution in [1.29, 1.82) is 0 Å². The van der Waals surface area contributed by atoms with Crippen molar-refractivity contribution in [3.8, 4) is 0 Å². The standard InChI is InChI=1S/C14H16F2N2O3/c1-14(2,3)21-13(20)18-11-6-8-9(16)4-7(15)5-10(8)17-12(11)19/h4-5,11H,6H2,1-3H3,(H,17,19)(H,18,20)/t11-/m1/s1. The van der Waals surface area contributed by atoms with Crippen molar-refractivity contribution in [2.24, 2.45) is 0 Å². The summed E-state index contributed by atoms with van der Waals surface area (Å²) in [5.41, 5.74) is -0.474. The van der Waals surface area contributed by atoms with E-state index >= 15 is 0 Å². The number of amides is 2. The molecular weight excluding hydrogens is 282 g/mol.